The molecule has 0 unspecified atom stereocenters. The molecule has 0 radical (unpaired) electrons. The van der Waals surface area contributed by atoms with Crippen LogP contribution in [0.5, 0.6) is 11.5 Å². The van der Waals surface area contributed by atoms with E-state index in [0.717, 1.165) is 0 Å². The van der Waals surface area contributed by atoms with Crippen LogP contribution in [0.3, 0.4) is 0 Å². The molecule has 0 fully saturated rings. The molecule has 4 nitrogen and oxygen atoms in total. The van der Waals surface area contributed by atoms with Crippen molar-refractivity contribution >= 4 is 23.2 Å². The maximum Gasteiger partial charge on any atom is 0.197 e. The first-order valence-electron chi connectivity index (χ1n) is 5.17. The molecule has 0 aliphatic rings. The molecule has 7 heteroatoms. The molecule has 0 amide bonds. The zero-order valence-electron chi connectivity index (χ0n) is 10.1. The fourth-order valence-corrected chi connectivity index (χ4v) is 1.89. The van der Waals surface area contributed by atoms with Crippen molar-refractivity contribution in [3.05, 3.63) is 34.3 Å². The Kier molecular flexibility index (Phi) is 4.07. The molecule has 19 heavy (non-hydrogen) atoms. The van der Waals surface area contributed by atoms with Gasteiger partial charge in [0, 0.05) is 6.07 Å². The highest BCUT2D eigenvalue weighted by Crippen LogP contribution is 2.33. The summed E-state index contributed by atoms with van der Waals surface area (Å²) in [4.78, 5) is 7.68. The van der Waals surface area contributed by atoms with E-state index in [9.17, 15) is 4.39 Å². The average Bonchev–Trinajstić information content (AvgIpc) is 2.43. The monoisotopic (exact) mass is 302 g/mol. The molecular weight excluding hydrogens is 294 g/mol. The molecular formula is C12H9Cl2FN2O2. The Morgan fingerprint density at radius 2 is 1.68 bits per heavy atom. The average molecular weight is 303 g/mol. The third kappa shape index (κ3) is 2.72. The second-order valence-corrected chi connectivity index (χ2v) is 4.23. The van der Waals surface area contributed by atoms with Gasteiger partial charge in [-0.3, -0.25) is 0 Å². The fourth-order valence-electron chi connectivity index (χ4n) is 1.50. The van der Waals surface area contributed by atoms with Crippen LogP contribution in [0.25, 0.3) is 11.4 Å². The number of nitrogens with zero attached hydrogens (tertiary/aromatic N) is 2. The van der Waals surface area contributed by atoms with Crippen LogP contribution < -0.4 is 9.47 Å². The number of ether oxygens (including phenoxy) is 2. The smallest absolute Gasteiger partial charge is 0.197 e. The van der Waals surface area contributed by atoms with Crippen molar-refractivity contribution < 1.29 is 13.9 Å². The molecule has 100 valence electrons. The number of benzene rings is 1. The molecule has 0 saturated carbocycles. The van der Waals surface area contributed by atoms with Crippen molar-refractivity contribution in [1.29, 1.82) is 0 Å². The SMILES string of the molecule is COc1ccc(-c2nc(Cl)c(F)c(Cl)n2)c(OC)c1. The summed E-state index contributed by atoms with van der Waals surface area (Å²) in [5.74, 6) is 0.411. The molecule has 1 aromatic heterocycles. The molecule has 2 rings (SSSR count). The van der Waals surface area contributed by atoms with E-state index in [-0.39, 0.29) is 16.1 Å². The van der Waals surface area contributed by atoms with E-state index in [1.807, 2.05) is 0 Å². The van der Waals surface area contributed by atoms with Gasteiger partial charge in [0.2, 0.25) is 0 Å². The molecule has 1 heterocycles. The molecule has 1 aromatic carbocycles. The summed E-state index contributed by atoms with van der Waals surface area (Å²) in [6.07, 6.45) is 0. The van der Waals surface area contributed by atoms with Crippen molar-refractivity contribution in [2.75, 3.05) is 14.2 Å². The number of hydrogen-bond donors (Lipinski definition) is 0. The quantitative estimate of drug-likeness (QED) is 0.813. The molecule has 0 saturated heterocycles. The first kappa shape index (κ1) is 13.8. The van der Waals surface area contributed by atoms with E-state index in [2.05, 4.69) is 9.97 Å². The van der Waals surface area contributed by atoms with Crippen LogP contribution in [0.2, 0.25) is 10.3 Å². The van der Waals surface area contributed by atoms with Gasteiger partial charge in [-0.2, -0.15) is 0 Å². The maximum atomic E-state index is 13.3. The van der Waals surface area contributed by atoms with Crippen molar-refractivity contribution in [3.63, 3.8) is 0 Å². The van der Waals surface area contributed by atoms with Gasteiger partial charge in [0.05, 0.1) is 19.8 Å². The van der Waals surface area contributed by atoms with Crippen molar-refractivity contribution in [1.82, 2.24) is 9.97 Å². The standard InChI is InChI=1S/C12H9Cl2FN2O2/c1-18-6-3-4-7(8(5-6)19-2)12-16-10(13)9(15)11(14)17-12/h3-5H,1-2H3. The van der Waals surface area contributed by atoms with Gasteiger partial charge in [0.25, 0.3) is 0 Å². The molecule has 2 aromatic rings. The summed E-state index contributed by atoms with van der Waals surface area (Å²) < 4.78 is 23.6. The maximum absolute atomic E-state index is 13.3. The predicted octanol–water partition coefficient (Wildman–Crippen LogP) is 3.61. The van der Waals surface area contributed by atoms with Gasteiger partial charge in [-0.25, -0.2) is 14.4 Å². The lowest BCUT2D eigenvalue weighted by atomic mass is 10.1. The van der Waals surface area contributed by atoms with Crippen LogP contribution in [0.15, 0.2) is 18.2 Å². The highest BCUT2D eigenvalue weighted by Gasteiger charge is 2.15. The van der Waals surface area contributed by atoms with Crippen molar-refractivity contribution in [2.24, 2.45) is 0 Å². The molecule has 0 N–H and O–H groups in total. The lowest BCUT2D eigenvalue weighted by Gasteiger charge is -2.10. The third-order valence-corrected chi connectivity index (χ3v) is 2.92. The van der Waals surface area contributed by atoms with E-state index >= 15 is 0 Å². The predicted molar refractivity (Wildman–Crippen MR) is 70.6 cm³/mol. The second kappa shape index (κ2) is 5.59. The molecule has 0 bridgehead atoms. The normalized spacial score (nSPS) is 10.4. The van der Waals surface area contributed by atoms with Crippen LogP contribution in [-0.4, -0.2) is 24.2 Å². The van der Waals surface area contributed by atoms with Crippen LogP contribution in [0.4, 0.5) is 4.39 Å². The highest BCUT2D eigenvalue weighted by atomic mass is 35.5. The third-order valence-electron chi connectivity index (χ3n) is 2.42. The van der Waals surface area contributed by atoms with E-state index in [0.29, 0.717) is 17.1 Å². The largest absolute Gasteiger partial charge is 0.497 e. The van der Waals surface area contributed by atoms with E-state index < -0.39 is 5.82 Å². The second-order valence-electron chi connectivity index (χ2n) is 3.51. The Bertz CT molecular complexity index is 600. The topological polar surface area (TPSA) is 44.2 Å². The fraction of sp³-hybridized carbons (Fsp3) is 0.167. The zero-order valence-corrected chi connectivity index (χ0v) is 11.6. The Morgan fingerprint density at radius 1 is 1.05 bits per heavy atom. The lowest BCUT2D eigenvalue weighted by Crippen LogP contribution is -1.97. The van der Waals surface area contributed by atoms with Crippen molar-refractivity contribution in [3.8, 4) is 22.9 Å². The molecule has 0 aliphatic heterocycles. The van der Waals surface area contributed by atoms with Crippen LogP contribution in [-0.2, 0) is 0 Å². The summed E-state index contributed by atoms with van der Waals surface area (Å²) >= 11 is 11.3. The minimum absolute atomic E-state index is 0.177. The van der Waals surface area contributed by atoms with Gasteiger partial charge in [-0.15, -0.1) is 0 Å². The number of halogens is 3. The highest BCUT2D eigenvalue weighted by molar-refractivity contribution is 6.33. The Hall–Kier alpha value is -1.59. The summed E-state index contributed by atoms with van der Waals surface area (Å²) in [7, 11) is 3.03. The van der Waals surface area contributed by atoms with E-state index in [1.165, 1.54) is 14.2 Å². The first-order valence-corrected chi connectivity index (χ1v) is 5.93. The van der Waals surface area contributed by atoms with Gasteiger partial charge in [0.15, 0.2) is 21.9 Å². The minimum Gasteiger partial charge on any atom is -0.497 e. The first-order chi connectivity index (χ1) is 9.06. The van der Waals surface area contributed by atoms with Gasteiger partial charge >= 0.3 is 0 Å². The molecule has 0 aliphatic carbocycles. The summed E-state index contributed by atoms with van der Waals surface area (Å²) in [6, 6.07) is 5.04. The number of rotatable bonds is 3. The zero-order chi connectivity index (χ0) is 14.0. The van der Waals surface area contributed by atoms with Crippen LogP contribution in [0, 0.1) is 5.82 Å². The van der Waals surface area contributed by atoms with E-state index in [4.69, 9.17) is 32.7 Å². The minimum atomic E-state index is -0.848. The van der Waals surface area contributed by atoms with Gasteiger partial charge in [0.1, 0.15) is 11.5 Å². The van der Waals surface area contributed by atoms with Crippen molar-refractivity contribution in [2.45, 2.75) is 0 Å². The van der Waals surface area contributed by atoms with Crippen LogP contribution in [0.1, 0.15) is 0 Å². The van der Waals surface area contributed by atoms with E-state index in [1.54, 1.807) is 18.2 Å². The van der Waals surface area contributed by atoms with Gasteiger partial charge in [-0.1, -0.05) is 23.2 Å². The number of methoxy groups -OCH3 is 2. The Morgan fingerprint density at radius 3 is 2.21 bits per heavy atom. The van der Waals surface area contributed by atoms with Gasteiger partial charge < -0.3 is 9.47 Å². The Labute approximate surface area is 119 Å². The summed E-state index contributed by atoms with van der Waals surface area (Å²) in [5, 5.41) is -0.680. The summed E-state index contributed by atoms with van der Waals surface area (Å²) in [6.45, 7) is 0. The molecule has 0 atom stereocenters. The Balaban J connectivity index is 2.58. The summed E-state index contributed by atoms with van der Waals surface area (Å²) in [5.41, 5.74) is 0.534. The number of hydrogen-bond acceptors (Lipinski definition) is 4. The van der Waals surface area contributed by atoms with Gasteiger partial charge in [-0.05, 0) is 12.1 Å². The number of aromatic nitrogens is 2. The molecule has 0 spiro atoms. The lowest BCUT2D eigenvalue weighted by molar-refractivity contribution is 0.395. The van der Waals surface area contributed by atoms with Crippen LogP contribution >= 0.6 is 23.2 Å².